The van der Waals surface area contributed by atoms with Crippen molar-refractivity contribution in [2.75, 3.05) is 19.7 Å². The highest BCUT2D eigenvalue weighted by Gasteiger charge is 2.32. The van der Waals surface area contributed by atoms with Gasteiger partial charge >= 0.3 is 18.1 Å². The van der Waals surface area contributed by atoms with Crippen molar-refractivity contribution in [1.82, 2.24) is 21.3 Å². The first-order valence-corrected chi connectivity index (χ1v) is 15.7. The Morgan fingerprint density at radius 2 is 1.41 bits per heavy atom. The number of fused-ring (bicyclic) bond motifs is 3. The molecule has 6 N–H and O–H groups in total. The second-order valence-corrected chi connectivity index (χ2v) is 12.7. The Bertz CT molecular complexity index is 1340. The number of amides is 5. The highest BCUT2D eigenvalue weighted by atomic mass is 16.6. The molecule has 0 saturated heterocycles. The standard InChI is InChI=1S/C34H47N5O7/c1-21(2)29(39-33(44)45-20-26-24-14-8-6-12-22(24)23-13-7-9-15-25(23)26)31(42)38-27(16-10-19-37-32(35)43)30(41)36-18-11-17-28(40)46-34(3,4)5/h6-9,12-15,21,26-27,29H,10-11,16-20H2,1-5H3,(H,36,41)(H,38,42)(H,39,44)(H3,35,37,43)/t27-,29-/m0/s1. The number of primary amides is 1. The highest BCUT2D eigenvalue weighted by Crippen LogP contribution is 2.44. The van der Waals surface area contributed by atoms with E-state index in [-0.39, 0.29) is 50.3 Å². The Labute approximate surface area is 270 Å². The molecule has 0 aromatic heterocycles. The number of nitrogens with one attached hydrogen (secondary N) is 4. The average molecular weight is 638 g/mol. The topological polar surface area (TPSA) is 178 Å². The molecule has 0 radical (unpaired) electrons. The molecule has 0 heterocycles. The van der Waals surface area contributed by atoms with E-state index in [1.807, 2.05) is 48.5 Å². The average Bonchev–Trinajstić information content (AvgIpc) is 3.30. The lowest BCUT2D eigenvalue weighted by atomic mass is 9.98. The number of hydrogen-bond donors (Lipinski definition) is 5. The third-order valence-corrected chi connectivity index (χ3v) is 7.44. The lowest BCUT2D eigenvalue weighted by molar-refractivity contribution is -0.155. The highest BCUT2D eigenvalue weighted by molar-refractivity contribution is 5.91. The Hall–Kier alpha value is -4.61. The molecule has 12 nitrogen and oxygen atoms in total. The Balaban J connectivity index is 1.59. The fraction of sp³-hybridized carbons (Fsp3) is 0.500. The van der Waals surface area contributed by atoms with E-state index in [0.29, 0.717) is 12.8 Å². The monoisotopic (exact) mass is 637 g/mol. The van der Waals surface area contributed by atoms with Crippen LogP contribution in [0.25, 0.3) is 11.1 Å². The largest absolute Gasteiger partial charge is 0.460 e. The van der Waals surface area contributed by atoms with Gasteiger partial charge in [0.25, 0.3) is 0 Å². The quantitative estimate of drug-likeness (QED) is 0.146. The van der Waals surface area contributed by atoms with E-state index >= 15 is 0 Å². The van der Waals surface area contributed by atoms with Crippen LogP contribution in [-0.4, -0.2) is 67.3 Å². The SMILES string of the molecule is CC(C)[C@H](NC(=O)OCC1c2ccccc2-c2ccccc21)C(=O)N[C@@H](CCCNC(N)=O)C(=O)NCCCC(=O)OC(C)(C)C. The molecule has 0 bridgehead atoms. The molecule has 5 amide bonds. The molecule has 2 aromatic carbocycles. The van der Waals surface area contributed by atoms with Crippen LogP contribution in [0.2, 0.25) is 0 Å². The number of rotatable bonds is 15. The van der Waals surface area contributed by atoms with Gasteiger partial charge in [0.1, 0.15) is 24.3 Å². The van der Waals surface area contributed by atoms with Crippen LogP contribution in [0.5, 0.6) is 0 Å². The molecule has 0 saturated carbocycles. The van der Waals surface area contributed by atoms with Crippen LogP contribution in [0.1, 0.15) is 77.3 Å². The van der Waals surface area contributed by atoms with E-state index in [1.54, 1.807) is 34.6 Å². The summed E-state index contributed by atoms with van der Waals surface area (Å²) in [6.07, 6.45) is 0.272. The Morgan fingerprint density at radius 1 is 0.826 bits per heavy atom. The number of esters is 1. The van der Waals surface area contributed by atoms with Crippen molar-refractivity contribution in [1.29, 1.82) is 0 Å². The molecular weight excluding hydrogens is 590 g/mol. The molecule has 3 rings (SSSR count). The van der Waals surface area contributed by atoms with Crippen molar-refractivity contribution < 1.29 is 33.4 Å². The molecule has 2 aromatic rings. The number of urea groups is 1. The minimum absolute atomic E-state index is 0.0908. The zero-order valence-corrected chi connectivity index (χ0v) is 27.3. The number of benzene rings is 2. The van der Waals surface area contributed by atoms with Crippen LogP contribution in [-0.2, 0) is 23.9 Å². The van der Waals surface area contributed by atoms with Crippen molar-refractivity contribution in [2.24, 2.45) is 11.7 Å². The van der Waals surface area contributed by atoms with Gasteiger partial charge in [-0.15, -0.1) is 0 Å². The first-order valence-electron chi connectivity index (χ1n) is 15.7. The molecule has 0 fully saturated rings. The van der Waals surface area contributed by atoms with Crippen LogP contribution >= 0.6 is 0 Å². The van der Waals surface area contributed by atoms with Gasteiger partial charge in [-0.25, -0.2) is 9.59 Å². The zero-order chi connectivity index (χ0) is 33.9. The second kappa shape index (κ2) is 16.6. The van der Waals surface area contributed by atoms with Gasteiger partial charge in [-0.1, -0.05) is 62.4 Å². The zero-order valence-electron chi connectivity index (χ0n) is 27.3. The van der Waals surface area contributed by atoms with Crippen molar-refractivity contribution >= 4 is 29.9 Å². The number of carbonyl (C=O) groups is 5. The number of ether oxygens (including phenoxy) is 2. The van der Waals surface area contributed by atoms with Crippen LogP contribution < -0.4 is 27.0 Å². The fourth-order valence-corrected chi connectivity index (χ4v) is 5.31. The predicted octanol–water partition coefficient (Wildman–Crippen LogP) is 3.72. The number of carbonyl (C=O) groups excluding carboxylic acids is 5. The fourth-order valence-electron chi connectivity index (χ4n) is 5.31. The Kier molecular flexibility index (Phi) is 13.0. The van der Waals surface area contributed by atoms with Gasteiger partial charge < -0.3 is 36.5 Å². The van der Waals surface area contributed by atoms with Crippen LogP contribution in [0, 0.1) is 5.92 Å². The summed E-state index contributed by atoms with van der Waals surface area (Å²) in [5, 5.41) is 10.6. The first kappa shape index (κ1) is 35.9. The minimum Gasteiger partial charge on any atom is -0.460 e. The third-order valence-electron chi connectivity index (χ3n) is 7.44. The molecular formula is C34H47N5O7. The van der Waals surface area contributed by atoms with E-state index in [9.17, 15) is 24.0 Å². The molecule has 0 spiro atoms. The molecule has 1 aliphatic rings. The molecule has 0 unspecified atom stereocenters. The summed E-state index contributed by atoms with van der Waals surface area (Å²) >= 11 is 0. The van der Waals surface area contributed by atoms with Crippen molar-refractivity contribution in [3.05, 3.63) is 59.7 Å². The van der Waals surface area contributed by atoms with Gasteiger partial charge in [0.15, 0.2) is 0 Å². The summed E-state index contributed by atoms with van der Waals surface area (Å²) < 4.78 is 10.9. The van der Waals surface area contributed by atoms with Gasteiger partial charge in [-0.3, -0.25) is 14.4 Å². The van der Waals surface area contributed by atoms with Gasteiger partial charge in [0.2, 0.25) is 11.8 Å². The third kappa shape index (κ3) is 10.8. The van der Waals surface area contributed by atoms with Crippen LogP contribution in [0.15, 0.2) is 48.5 Å². The maximum absolute atomic E-state index is 13.4. The summed E-state index contributed by atoms with van der Waals surface area (Å²) in [4.78, 5) is 62.5. The van der Waals surface area contributed by atoms with Gasteiger partial charge in [0, 0.05) is 25.4 Å². The maximum Gasteiger partial charge on any atom is 0.407 e. The molecule has 2 atom stereocenters. The summed E-state index contributed by atoms with van der Waals surface area (Å²) in [6, 6.07) is 13.3. The van der Waals surface area contributed by atoms with Crippen LogP contribution in [0.4, 0.5) is 9.59 Å². The number of nitrogens with two attached hydrogens (primary N) is 1. The predicted molar refractivity (Wildman–Crippen MR) is 174 cm³/mol. The van der Waals surface area contributed by atoms with Gasteiger partial charge in [-0.2, -0.15) is 0 Å². The van der Waals surface area contributed by atoms with E-state index in [4.69, 9.17) is 15.2 Å². The molecule has 1 aliphatic carbocycles. The maximum atomic E-state index is 13.4. The van der Waals surface area contributed by atoms with Gasteiger partial charge in [0.05, 0.1) is 0 Å². The van der Waals surface area contributed by atoms with Crippen molar-refractivity contribution in [3.63, 3.8) is 0 Å². The Morgan fingerprint density at radius 3 is 1.98 bits per heavy atom. The molecule has 12 heteroatoms. The van der Waals surface area contributed by atoms with E-state index in [0.717, 1.165) is 22.3 Å². The van der Waals surface area contributed by atoms with Crippen molar-refractivity contribution in [3.8, 4) is 11.1 Å². The lowest BCUT2D eigenvalue weighted by Crippen LogP contribution is -2.55. The summed E-state index contributed by atoms with van der Waals surface area (Å²) in [5.74, 6) is -1.85. The van der Waals surface area contributed by atoms with E-state index in [1.165, 1.54) is 0 Å². The lowest BCUT2D eigenvalue weighted by Gasteiger charge is -2.25. The van der Waals surface area contributed by atoms with Crippen molar-refractivity contribution in [2.45, 2.75) is 83.9 Å². The smallest absolute Gasteiger partial charge is 0.407 e. The minimum atomic E-state index is -0.984. The van der Waals surface area contributed by atoms with E-state index in [2.05, 4.69) is 21.3 Å². The normalized spacial score (nSPS) is 13.5. The van der Waals surface area contributed by atoms with Gasteiger partial charge in [-0.05, 0) is 68.2 Å². The number of alkyl carbamates (subject to hydrolysis) is 1. The summed E-state index contributed by atoms with van der Waals surface area (Å²) in [6.45, 7) is 9.37. The van der Waals surface area contributed by atoms with Crippen LogP contribution in [0.3, 0.4) is 0 Å². The first-order chi connectivity index (χ1) is 21.8. The molecule has 46 heavy (non-hydrogen) atoms. The van der Waals surface area contributed by atoms with E-state index < -0.39 is 41.6 Å². The summed E-state index contributed by atoms with van der Waals surface area (Å²) in [7, 11) is 0. The second-order valence-electron chi connectivity index (χ2n) is 12.7. The number of hydrogen-bond acceptors (Lipinski definition) is 7. The summed E-state index contributed by atoms with van der Waals surface area (Å²) in [5.41, 5.74) is 8.88. The molecule has 250 valence electrons. The molecule has 0 aliphatic heterocycles.